The number of benzene rings is 2. The summed E-state index contributed by atoms with van der Waals surface area (Å²) in [6.45, 7) is 0.629. The van der Waals surface area contributed by atoms with Gasteiger partial charge in [0.2, 0.25) is 5.91 Å². The molecule has 0 atom stereocenters. The number of aromatic nitrogens is 3. The highest BCUT2D eigenvalue weighted by Gasteiger charge is 2.15. The Labute approximate surface area is 229 Å². The van der Waals surface area contributed by atoms with E-state index in [-0.39, 0.29) is 5.91 Å². The van der Waals surface area contributed by atoms with Gasteiger partial charge in [0.25, 0.3) is 0 Å². The summed E-state index contributed by atoms with van der Waals surface area (Å²) in [5.74, 6) is 0.147. The summed E-state index contributed by atoms with van der Waals surface area (Å²) in [6, 6.07) is 12.9. The lowest BCUT2D eigenvalue weighted by Crippen LogP contribution is -2.13. The smallest absolute Gasteiger partial charge is 0.248 e. The minimum atomic E-state index is -0.300. The normalized spacial score (nSPS) is 11.1. The number of pyridine rings is 1. The average Bonchev–Trinajstić information content (AvgIpc) is 2.90. The number of likely N-dealkylation sites (N-methyl/N-ethyl adjacent to an activating group) is 1. The molecule has 38 heavy (non-hydrogen) atoms. The predicted octanol–water partition coefficient (Wildman–Crippen LogP) is 5.51. The molecule has 0 unspecified atom stereocenters. The van der Waals surface area contributed by atoms with E-state index in [2.05, 4.69) is 31.7 Å². The molecule has 0 aliphatic carbocycles. The highest BCUT2D eigenvalue weighted by Crippen LogP contribution is 2.38. The van der Waals surface area contributed by atoms with E-state index in [9.17, 15) is 10.1 Å². The van der Waals surface area contributed by atoms with Crippen LogP contribution >= 0.6 is 23.4 Å². The molecule has 1 amide bonds. The average molecular weight is 546 g/mol. The van der Waals surface area contributed by atoms with Crippen molar-refractivity contribution in [2.45, 2.75) is 10.1 Å². The van der Waals surface area contributed by atoms with Crippen LogP contribution in [0.2, 0.25) is 5.02 Å². The molecule has 2 aromatic carbocycles. The number of methoxy groups -OCH3 is 1. The molecular weight excluding hydrogens is 522 g/mol. The fourth-order valence-electron chi connectivity index (χ4n) is 3.49. The van der Waals surface area contributed by atoms with Gasteiger partial charge >= 0.3 is 0 Å². The van der Waals surface area contributed by atoms with Gasteiger partial charge in [-0.2, -0.15) is 5.26 Å². The first-order valence-electron chi connectivity index (χ1n) is 11.4. The van der Waals surface area contributed by atoms with E-state index in [4.69, 9.17) is 16.3 Å². The Morgan fingerprint density at radius 2 is 2.00 bits per heavy atom. The summed E-state index contributed by atoms with van der Waals surface area (Å²) in [7, 11) is 5.35. The molecule has 0 spiro atoms. The summed E-state index contributed by atoms with van der Waals surface area (Å²) < 4.78 is 5.49. The molecule has 4 aromatic rings. The van der Waals surface area contributed by atoms with E-state index in [0.717, 1.165) is 4.90 Å². The number of carbonyl (C=O) groups is 1. The van der Waals surface area contributed by atoms with Crippen LogP contribution in [-0.4, -0.2) is 53.5 Å². The molecule has 4 rings (SSSR count). The van der Waals surface area contributed by atoms with Crippen molar-refractivity contribution in [2.24, 2.45) is 0 Å². The number of hydrogen-bond donors (Lipinski definition) is 2. The zero-order valence-corrected chi connectivity index (χ0v) is 22.5. The maximum atomic E-state index is 12.5. The van der Waals surface area contributed by atoms with Gasteiger partial charge in [-0.3, -0.25) is 9.78 Å². The van der Waals surface area contributed by atoms with Crippen molar-refractivity contribution in [3.05, 3.63) is 77.7 Å². The van der Waals surface area contributed by atoms with Gasteiger partial charge in [0.15, 0.2) is 5.16 Å². The quantitative estimate of drug-likeness (QED) is 0.207. The van der Waals surface area contributed by atoms with Crippen molar-refractivity contribution >= 4 is 57.2 Å². The van der Waals surface area contributed by atoms with Crippen molar-refractivity contribution < 1.29 is 9.53 Å². The lowest BCUT2D eigenvalue weighted by Gasteiger charge is -2.15. The molecule has 2 aromatic heterocycles. The van der Waals surface area contributed by atoms with Crippen molar-refractivity contribution in [3.63, 3.8) is 0 Å². The zero-order valence-electron chi connectivity index (χ0n) is 20.9. The Morgan fingerprint density at radius 3 is 2.68 bits per heavy atom. The molecule has 2 N–H and O–H groups in total. The summed E-state index contributed by atoms with van der Waals surface area (Å²) >= 11 is 7.91. The number of amides is 1. The van der Waals surface area contributed by atoms with Crippen LogP contribution in [0.1, 0.15) is 5.56 Å². The SMILES string of the molecule is COc1cc2ncc(C#N)c(Nc3ccc(Sc4ncccn4)c(Cl)c3)c2cc1NC(=O)/C=C/CN(C)C. The van der Waals surface area contributed by atoms with Crippen LogP contribution in [0, 0.1) is 11.3 Å². The van der Waals surface area contributed by atoms with Gasteiger partial charge in [-0.05, 0) is 56.2 Å². The summed E-state index contributed by atoms with van der Waals surface area (Å²) in [5, 5.41) is 17.7. The topological polar surface area (TPSA) is 116 Å². The van der Waals surface area contributed by atoms with Crippen molar-refractivity contribution in [1.82, 2.24) is 19.9 Å². The first kappa shape index (κ1) is 26.9. The van der Waals surface area contributed by atoms with Crippen LogP contribution in [0.4, 0.5) is 17.1 Å². The van der Waals surface area contributed by atoms with Crippen molar-refractivity contribution in [1.29, 1.82) is 5.26 Å². The second-order valence-corrected chi connectivity index (χ2v) is 9.70. The van der Waals surface area contributed by atoms with Gasteiger partial charge in [-0.15, -0.1) is 0 Å². The van der Waals surface area contributed by atoms with Gasteiger partial charge < -0.3 is 20.3 Å². The van der Waals surface area contributed by atoms with E-state index in [1.54, 1.807) is 42.7 Å². The highest BCUT2D eigenvalue weighted by atomic mass is 35.5. The van der Waals surface area contributed by atoms with E-state index in [1.807, 2.05) is 31.1 Å². The maximum absolute atomic E-state index is 12.5. The second-order valence-electron chi connectivity index (χ2n) is 8.29. The Morgan fingerprint density at radius 1 is 1.21 bits per heavy atom. The number of halogens is 1. The maximum Gasteiger partial charge on any atom is 0.248 e. The number of nitrogens with one attached hydrogen (secondary N) is 2. The number of ether oxygens (including phenoxy) is 1. The molecule has 0 saturated carbocycles. The van der Waals surface area contributed by atoms with Crippen LogP contribution in [0.15, 0.2) is 77.2 Å². The van der Waals surface area contributed by atoms with E-state index >= 15 is 0 Å². The van der Waals surface area contributed by atoms with Crippen LogP contribution in [0.25, 0.3) is 10.9 Å². The zero-order chi connectivity index (χ0) is 27.1. The number of rotatable bonds is 9. The fraction of sp³-hybridized carbons (Fsp3) is 0.148. The summed E-state index contributed by atoms with van der Waals surface area (Å²) in [4.78, 5) is 28.1. The number of hydrogen-bond acceptors (Lipinski definition) is 9. The number of nitrogens with zero attached hydrogens (tertiary/aromatic N) is 5. The first-order chi connectivity index (χ1) is 18.4. The summed E-state index contributed by atoms with van der Waals surface area (Å²) in [5.41, 5.74) is 2.57. The van der Waals surface area contributed by atoms with Crippen molar-refractivity contribution in [3.8, 4) is 11.8 Å². The molecule has 0 saturated heterocycles. The first-order valence-corrected chi connectivity index (χ1v) is 12.6. The Hall–Kier alpha value is -4.17. The third kappa shape index (κ3) is 6.58. The molecule has 0 radical (unpaired) electrons. The van der Waals surface area contributed by atoms with Crippen LogP contribution < -0.4 is 15.4 Å². The van der Waals surface area contributed by atoms with Gasteiger partial charge in [-0.25, -0.2) is 9.97 Å². The van der Waals surface area contributed by atoms with Gasteiger partial charge in [0.05, 0.1) is 34.6 Å². The molecule has 2 heterocycles. The lowest BCUT2D eigenvalue weighted by atomic mass is 10.1. The number of anilines is 3. The molecular formula is C27H24ClN7O2S. The molecule has 9 nitrogen and oxygen atoms in total. The Kier molecular flexibility index (Phi) is 8.76. The third-order valence-corrected chi connectivity index (χ3v) is 6.65. The third-order valence-electron chi connectivity index (χ3n) is 5.25. The second kappa shape index (κ2) is 12.4. The molecule has 11 heteroatoms. The number of carbonyl (C=O) groups excluding carboxylic acids is 1. The number of nitriles is 1. The fourth-order valence-corrected chi connectivity index (χ4v) is 4.51. The monoisotopic (exact) mass is 545 g/mol. The molecule has 192 valence electrons. The largest absolute Gasteiger partial charge is 0.494 e. The van der Waals surface area contributed by atoms with Crippen LogP contribution in [-0.2, 0) is 4.79 Å². The molecule has 0 fully saturated rings. The minimum Gasteiger partial charge on any atom is -0.494 e. The highest BCUT2D eigenvalue weighted by molar-refractivity contribution is 7.99. The molecule has 0 aliphatic heterocycles. The van der Waals surface area contributed by atoms with Gasteiger partial charge in [0, 0.05) is 53.2 Å². The van der Waals surface area contributed by atoms with Crippen molar-refractivity contribution in [2.75, 3.05) is 38.4 Å². The van der Waals surface area contributed by atoms with E-state index in [0.29, 0.717) is 56.0 Å². The van der Waals surface area contributed by atoms with Gasteiger partial charge in [-0.1, -0.05) is 17.7 Å². The van der Waals surface area contributed by atoms with E-state index in [1.165, 1.54) is 31.1 Å². The Balaban J connectivity index is 1.67. The number of fused-ring (bicyclic) bond motifs is 1. The Bertz CT molecular complexity index is 1540. The van der Waals surface area contributed by atoms with Gasteiger partial charge in [0.1, 0.15) is 11.8 Å². The minimum absolute atomic E-state index is 0.300. The van der Waals surface area contributed by atoms with Crippen LogP contribution in [0.3, 0.4) is 0 Å². The lowest BCUT2D eigenvalue weighted by molar-refractivity contribution is -0.111. The standard InChI is InChI=1S/C27H24ClN7O2S/c1-35(2)11-4-6-25(36)34-22-13-19-21(14-23(22)37-3)32-16-17(15-29)26(19)33-18-7-8-24(20(28)12-18)38-27-30-9-5-10-31-27/h4-10,12-14,16H,11H2,1-3H3,(H,32,33)(H,34,36)/b6-4+. The summed E-state index contributed by atoms with van der Waals surface area (Å²) in [6.07, 6.45) is 8.06. The molecule has 0 aliphatic rings. The predicted molar refractivity (Wildman–Crippen MR) is 150 cm³/mol. The molecule has 0 bridgehead atoms. The van der Waals surface area contributed by atoms with E-state index < -0.39 is 0 Å². The van der Waals surface area contributed by atoms with Crippen LogP contribution in [0.5, 0.6) is 5.75 Å².